The highest BCUT2D eigenvalue weighted by Gasteiger charge is 2.26. The monoisotopic (exact) mass is 789 g/mol. The summed E-state index contributed by atoms with van der Waals surface area (Å²) in [6.07, 6.45) is 54.9. The van der Waals surface area contributed by atoms with Crippen LogP contribution in [0.2, 0.25) is 0 Å². The number of carbonyl (C=O) groups is 1. The van der Waals surface area contributed by atoms with Gasteiger partial charge in [-0.25, -0.2) is 4.57 Å². The van der Waals surface area contributed by atoms with Gasteiger partial charge in [0.25, 0.3) is 0 Å². The summed E-state index contributed by atoms with van der Waals surface area (Å²) in [4.78, 5) is 22.7. The van der Waals surface area contributed by atoms with Gasteiger partial charge in [0.2, 0.25) is 5.91 Å². The first-order valence-corrected chi connectivity index (χ1v) is 23.2. The average molecular weight is 789 g/mol. The van der Waals surface area contributed by atoms with Crippen molar-refractivity contribution >= 4 is 13.7 Å². The van der Waals surface area contributed by atoms with Gasteiger partial charge in [-0.05, 0) is 83.5 Å². The third kappa shape index (κ3) is 39.7. The molecule has 1 amide bonds. The van der Waals surface area contributed by atoms with E-state index in [9.17, 15) is 19.4 Å². The van der Waals surface area contributed by atoms with Crippen molar-refractivity contribution in [3.05, 3.63) is 85.1 Å². The number of phosphoric ester groups is 1. The summed E-state index contributed by atoms with van der Waals surface area (Å²) in [5, 5.41) is 13.6. The smallest absolute Gasteiger partial charge is 0.387 e. The van der Waals surface area contributed by atoms with E-state index in [1.807, 2.05) is 6.08 Å². The molecular formula is C46H81N2O6P. The SMILES string of the molecule is CC/C=C\C/C=C\C/C=C\C/C=C\CCCCCCCCC(=O)NC(COP(=O)(O)OCCN)C(O)/C=C/CC/C=C/CC/C=C/CCCCCCCCC. The van der Waals surface area contributed by atoms with Crippen molar-refractivity contribution in [2.75, 3.05) is 19.8 Å². The van der Waals surface area contributed by atoms with E-state index in [0.717, 1.165) is 83.5 Å². The highest BCUT2D eigenvalue weighted by atomic mass is 31.2. The predicted octanol–water partition coefficient (Wildman–Crippen LogP) is 12.2. The Bertz CT molecular complexity index is 1130. The summed E-state index contributed by atoms with van der Waals surface area (Å²) in [5.41, 5.74) is 5.37. The van der Waals surface area contributed by atoms with E-state index in [0.29, 0.717) is 6.42 Å². The lowest BCUT2D eigenvalue weighted by molar-refractivity contribution is -0.123. The van der Waals surface area contributed by atoms with Gasteiger partial charge in [0.15, 0.2) is 0 Å². The maximum Gasteiger partial charge on any atom is 0.472 e. The Morgan fingerprint density at radius 3 is 1.62 bits per heavy atom. The molecule has 0 aliphatic rings. The zero-order chi connectivity index (χ0) is 40.3. The Labute approximate surface area is 337 Å². The molecule has 0 saturated heterocycles. The van der Waals surface area contributed by atoms with Gasteiger partial charge in [-0.2, -0.15) is 0 Å². The highest BCUT2D eigenvalue weighted by Crippen LogP contribution is 2.43. The van der Waals surface area contributed by atoms with Crippen LogP contribution in [0.25, 0.3) is 0 Å². The molecule has 0 saturated carbocycles. The number of allylic oxidation sites excluding steroid dienone is 13. The molecule has 0 aliphatic heterocycles. The lowest BCUT2D eigenvalue weighted by Crippen LogP contribution is -2.45. The first-order valence-electron chi connectivity index (χ1n) is 21.7. The summed E-state index contributed by atoms with van der Waals surface area (Å²) in [7, 11) is -4.36. The van der Waals surface area contributed by atoms with E-state index >= 15 is 0 Å². The second kappa shape index (κ2) is 41.3. The number of unbranched alkanes of at least 4 members (excludes halogenated alkanes) is 15. The van der Waals surface area contributed by atoms with E-state index in [2.05, 4.69) is 92.1 Å². The van der Waals surface area contributed by atoms with Crippen molar-refractivity contribution in [1.29, 1.82) is 0 Å². The van der Waals surface area contributed by atoms with E-state index < -0.39 is 20.0 Å². The zero-order valence-electron chi connectivity index (χ0n) is 34.9. The minimum Gasteiger partial charge on any atom is -0.387 e. The maximum absolute atomic E-state index is 12.8. The molecule has 0 aromatic carbocycles. The fourth-order valence-electron chi connectivity index (χ4n) is 5.68. The third-order valence-electron chi connectivity index (χ3n) is 8.93. The van der Waals surface area contributed by atoms with Crippen LogP contribution in [0.5, 0.6) is 0 Å². The molecule has 8 nitrogen and oxygen atoms in total. The fourth-order valence-corrected chi connectivity index (χ4v) is 6.44. The summed E-state index contributed by atoms with van der Waals surface area (Å²) < 4.78 is 22.1. The number of aliphatic hydroxyl groups excluding tert-OH is 1. The van der Waals surface area contributed by atoms with Gasteiger partial charge in [0.05, 0.1) is 25.4 Å². The van der Waals surface area contributed by atoms with Crippen LogP contribution in [0.3, 0.4) is 0 Å². The molecule has 0 aliphatic carbocycles. The van der Waals surface area contributed by atoms with E-state index in [1.165, 1.54) is 64.2 Å². The molecule has 3 atom stereocenters. The molecule has 9 heteroatoms. The van der Waals surface area contributed by atoms with Crippen LogP contribution >= 0.6 is 7.82 Å². The predicted molar refractivity (Wildman–Crippen MR) is 235 cm³/mol. The largest absolute Gasteiger partial charge is 0.472 e. The summed E-state index contributed by atoms with van der Waals surface area (Å²) in [5.74, 6) is -0.226. The minimum atomic E-state index is -4.36. The van der Waals surface area contributed by atoms with E-state index in [1.54, 1.807) is 6.08 Å². The molecule has 0 spiro atoms. The van der Waals surface area contributed by atoms with Crippen molar-refractivity contribution < 1.29 is 28.4 Å². The number of amides is 1. The normalized spacial score (nSPS) is 14.9. The second-order valence-corrected chi connectivity index (χ2v) is 15.6. The molecular weight excluding hydrogens is 707 g/mol. The van der Waals surface area contributed by atoms with E-state index in [-0.39, 0.29) is 25.7 Å². The van der Waals surface area contributed by atoms with Crippen LogP contribution in [0.15, 0.2) is 85.1 Å². The van der Waals surface area contributed by atoms with Crippen molar-refractivity contribution in [3.8, 4) is 0 Å². The number of nitrogens with two attached hydrogens (primary N) is 1. The molecule has 316 valence electrons. The standard InChI is InChI=1S/C46H81N2O6P/c1-3-5-7-9-11-13-15-17-19-21-22-24-26-28-30-32-34-36-38-40-46(50)48-44(43-54-55(51,52)53-42-41-47)45(49)39-37-35-33-31-29-27-25-23-20-18-16-14-12-10-8-6-4-2/h5,7,11,13,17,19-20,22-24,29,31,37,39,44-45,49H,3-4,6,8-10,12,14-16,18,21,25-28,30,32-36,38,40-43,47H2,1-2H3,(H,48,50)(H,51,52)/b7-5-,13-11-,19-17-,23-20+,24-22-,31-29+,39-37+. The van der Waals surface area contributed by atoms with Gasteiger partial charge in [-0.15, -0.1) is 0 Å². The molecule has 55 heavy (non-hydrogen) atoms. The molecule has 0 aromatic rings. The van der Waals surface area contributed by atoms with Crippen LogP contribution in [0.4, 0.5) is 0 Å². The molecule has 0 heterocycles. The van der Waals surface area contributed by atoms with Crippen molar-refractivity contribution in [3.63, 3.8) is 0 Å². The summed E-state index contributed by atoms with van der Waals surface area (Å²) >= 11 is 0. The number of hydrogen-bond donors (Lipinski definition) is 4. The first kappa shape index (κ1) is 52.7. The molecule has 0 rings (SSSR count). The second-order valence-electron chi connectivity index (χ2n) is 14.1. The number of rotatable bonds is 39. The number of phosphoric acid groups is 1. The lowest BCUT2D eigenvalue weighted by atomic mass is 10.1. The number of aliphatic hydroxyl groups is 1. The fraction of sp³-hybridized carbons (Fsp3) is 0.674. The first-order chi connectivity index (χ1) is 26.9. The highest BCUT2D eigenvalue weighted by molar-refractivity contribution is 7.47. The molecule has 0 bridgehead atoms. The Hall–Kier alpha value is -2.32. The summed E-state index contributed by atoms with van der Waals surface area (Å²) in [6, 6.07) is -0.896. The van der Waals surface area contributed by atoms with Crippen LogP contribution in [0.1, 0.15) is 168 Å². The number of nitrogens with one attached hydrogen (secondary N) is 1. The Morgan fingerprint density at radius 2 is 1.07 bits per heavy atom. The van der Waals surface area contributed by atoms with Crippen molar-refractivity contribution in [2.45, 2.75) is 180 Å². The summed E-state index contributed by atoms with van der Waals surface area (Å²) in [6.45, 7) is 3.95. The van der Waals surface area contributed by atoms with Crippen LogP contribution in [-0.4, -0.2) is 47.8 Å². The van der Waals surface area contributed by atoms with Gasteiger partial charge in [0.1, 0.15) is 0 Å². The van der Waals surface area contributed by atoms with Crippen LogP contribution in [-0.2, 0) is 18.4 Å². The van der Waals surface area contributed by atoms with Gasteiger partial charge in [-0.1, -0.05) is 163 Å². The Kier molecular flexibility index (Phi) is 39.6. The van der Waals surface area contributed by atoms with Gasteiger partial charge in [-0.3, -0.25) is 13.8 Å². The number of carbonyl (C=O) groups excluding carboxylic acids is 1. The van der Waals surface area contributed by atoms with Crippen LogP contribution in [0, 0.1) is 0 Å². The van der Waals surface area contributed by atoms with Crippen molar-refractivity contribution in [2.24, 2.45) is 5.73 Å². The van der Waals surface area contributed by atoms with E-state index in [4.69, 9.17) is 14.8 Å². The Balaban J connectivity index is 4.35. The minimum absolute atomic E-state index is 0.0647. The molecule has 3 unspecified atom stereocenters. The lowest BCUT2D eigenvalue weighted by Gasteiger charge is -2.23. The van der Waals surface area contributed by atoms with Gasteiger partial charge in [0, 0.05) is 13.0 Å². The average Bonchev–Trinajstić information content (AvgIpc) is 3.17. The quantitative estimate of drug-likeness (QED) is 0.0277. The van der Waals surface area contributed by atoms with Gasteiger partial charge < -0.3 is 21.1 Å². The molecule has 0 radical (unpaired) electrons. The zero-order valence-corrected chi connectivity index (χ0v) is 35.8. The molecule has 0 aromatic heterocycles. The number of hydrogen-bond acceptors (Lipinski definition) is 6. The van der Waals surface area contributed by atoms with Crippen LogP contribution < -0.4 is 11.1 Å². The van der Waals surface area contributed by atoms with Gasteiger partial charge >= 0.3 is 7.82 Å². The van der Waals surface area contributed by atoms with Crippen molar-refractivity contribution in [1.82, 2.24) is 5.32 Å². The topological polar surface area (TPSA) is 131 Å². The molecule has 5 N–H and O–H groups in total. The maximum atomic E-state index is 12.8. The molecule has 0 fully saturated rings. The Morgan fingerprint density at radius 1 is 0.618 bits per heavy atom. The third-order valence-corrected chi connectivity index (χ3v) is 9.92.